The molecule has 8 nitrogen and oxygen atoms in total. The van der Waals surface area contributed by atoms with E-state index in [0.29, 0.717) is 23.3 Å². The molecule has 4 aromatic rings. The number of carbonyl (C=O) groups excluding carboxylic acids is 1. The fourth-order valence-corrected chi connectivity index (χ4v) is 4.52. The number of ether oxygens (including phenoxy) is 1. The molecule has 4 N–H and O–H groups in total. The van der Waals surface area contributed by atoms with E-state index >= 15 is 0 Å². The molecule has 0 saturated heterocycles. The Morgan fingerprint density at radius 2 is 2.00 bits per heavy atom. The van der Waals surface area contributed by atoms with Crippen molar-refractivity contribution in [2.75, 3.05) is 5.32 Å². The van der Waals surface area contributed by atoms with Crippen molar-refractivity contribution < 1.29 is 9.53 Å². The summed E-state index contributed by atoms with van der Waals surface area (Å²) in [5.74, 6) is 1.49. The van der Waals surface area contributed by atoms with E-state index in [0.717, 1.165) is 34.3 Å². The Labute approximate surface area is 215 Å². The molecule has 1 aromatic carbocycles. The van der Waals surface area contributed by atoms with E-state index in [1.54, 1.807) is 12.5 Å². The summed E-state index contributed by atoms with van der Waals surface area (Å²) in [7, 11) is 0. The van der Waals surface area contributed by atoms with Crippen LogP contribution in [-0.2, 0) is 11.4 Å². The third-order valence-electron chi connectivity index (χ3n) is 6.04. The van der Waals surface area contributed by atoms with E-state index in [2.05, 4.69) is 43.8 Å². The predicted molar refractivity (Wildman–Crippen MR) is 142 cm³/mol. The van der Waals surface area contributed by atoms with Crippen LogP contribution in [0.15, 0.2) is 67.8 Å². The van der Waals surface area contributed by atoms with Gasteiger partial charge in [-0.1, -0.05) is 43.5 Å². The van der Waals surface area contributed by atoms with Gasteiger partial charge in [0.2, 0.25) is 5.91 Å². The first kappa shape index (κ1) is 25.2. The summed E-state index contributed by atoms with van der Waals surface area (Å²) in [6, 6.07) is 11.4. The normalized spacial score (nSPS) is 13.5. The van der Waals surface area contributed by atoms with Gasteiger partial charge in [-0.2, -0.15) is 0 Å². The minimum atomic E-state index is -0.481. The number of H-pyrrole nitrogens is 1. The topological polar surface area (TPSA) is 119 Å². The van der Waals surface area contributed by atoms with Crippen LogP contribution < -0.4 is 15.8 Å². The summed E-state index contributed by atoms with van der Waals surface area (Å²) in [6.07, 6.45) is 12.8. The molecule has 0 unspecified atom stereocenters. The quantitative estimate of drug-likeness (QED) is 0.264. The van der Waals surface area contributed by atoms with Crippen molar-refractivity contribution in [3.63, 3.8) is 0 Å². The zero-order chi connectivity index (χ0) is 25.3. The maximum Gasteiger partial charge on any atom is 0.240 e. The van der Waals surface area contributed by atoms with Crippen molar-refractivity contribution in [1.29, 1.82) is 0 Å². The molecule has 5 rings (SSSR count). The number of carbonyl (C=O) groups is 1. The first-order valence-electron chi connectivity index (χ1n) is 11.9. The fraction of sp³-hybridized carbons (Fsp3) is 0.259. The first-order chi connectivity index (χ1) is 17.5. The zero-order valence-electron chi connectivity index (χ0n) is 19.9. The molecule has 1 aliphatic rings. The second-order valence-corrected chi connectivity index (χ2v) is 8.92. The maximum absolute atomic E-state index is 9.47. The molecular formula is C27H29ClN6O2. The van der Waals surface area contributed by atoms with E-state index in [9.17, 15) is 4.79 Å². The highest BCUT2D eigenvalue weighted by molar-refractivity contribution is 6.32. The van der Waals surface area contributed by atoms with Crippen molar-refractivity contribution in [2.24, 2.45) is 5.73 Å². The number of primary amides is 1. The maximum atomic E-state index is 9.47. The highest BCUT2D eigenvalue weighted by Gasteiger charge is 2.21. The van der Waals surface area contributed by atoms with E-state index in [1.165, 1.54) is 37.7 Å². The van der Waals surface area contributed by atoms with Crippen LogP contribution in [0, 0.1) is 0 Å². The molecule has 0 aliphatic heterocycles. The van der Waals surface area contributed by atoms with Crippen molar-refractivity contribution in [3.8, 4) is 5.75 Å². The largest absolute Gasteiger partial charge is 0.486 e. The highest BCUT2D eigenvalue weighted by Crippen LogP contribution is 2.39. The molecule has 0 bridgehead atoms. The fourth-order valence-electron chi connectivity index (χ4n) is 4.28. The lowest BCUT2D eigenvalue weighted by Crippen LogP contribution is -2.05. The number of aromatic amines is 1. The molecule has 1 amide bonds. The number of nitrogens with two attached hydrogens (primary N) is 1. The number of amides is 1. The van der Waals surface area contributed by atoms with Gasteiger partial charge < -0.3 is 20.8 Å². The first-order valence-corrected chi connectivity index (χ1v) is 12.3. The summed E-state index contributed by atoms with van der Waals surface area (Å²) in [5.41, 5.74) is 8.41. The Morgan fingerprint density at radius 3 is 2.69 bits per heavy atom. The van der Waals surface area contributed by atoms with E-state index in [4.69, 9.17) is 16.3 Å². The van der Waals surface area contributed by atoms with Crippen LogP contribution in [0.1, 0.15) is 49.3 Å². The number of rotatable bonds is 7. The number of nitrogens with zero attached hydrogens (tertiary/aromatic N) is 3. The Bertz CT molecular complexity index is 1320. The molecular weight excluding hydrogens is 476 g/mol. The van der Waals surface area contributed by atoms with E-state index in [1.807, 2.05) is 36.4 Å². The van der Waals surface area contributed by atoms with Crippen molar-refractivity contribution >= 4 is 40.0 Å². The number of halogens is 1. The number of benzene rings is 1. The van der Waals surface area contributed by atoms with Crippen LogP contribution in [0.2, 0.25) is 5.02 Å². The number of aromatic nitrogens is 4. The summed E-state index contributed by atoms with van der Waals surface area (Å²) in [4.78, 5) is 26.0. The SMILES string of the molecule is C=CC(N)=O.Clc1cc(Nc2ncnc3[nH]cc(C4CCCCC4)c23)ccc1OCc1ccccn1. The van der Waals surface area contributed by atoms with Crippen LogP contribution in [0.4, 0.5) is 11.5 Å². The van der Waals surface area contributed by atoms with E-state index in [-0.39, 0.29) is 0 Å². The molecule has 0 radical (unpaired) electrons. The smallest absolute Gasteiger partial charge is 0.240 e. The van der Waals surface area contributed by atoms with Crippen LogP contribution in [0.25, 0.3) is 11.0 Å². The average molecular weight is 505 g/mol. The summed E-state index contributed by atoms with van der Waals surface area (Å²) < 4.78 is 5.83. The van der Waals surface area contributed by atoms with Gasteiger partial charge in [0.05, 0.1) is 16.1 Å². The van der Waals surface area contributed by atoms with Crippen molar-refractivity contribution in [2.45, 2.75) is 44.6 Å². The summed E-state index contributed by atoms with van der Waals surface area (Å²) in [6.45, 7) is 3.45. The molecule has 0 atom stereocenters. The molecule has 0 spiro atoms. The Morgan fingerprint density at radius 1 is 1.19 bits per heavy atom. The standard InChI is InChI=1S/C24H24ClN5O.C3H5NO/c25-20-12-17(9-10-21(20)31-14-18-8-4-5-11-26-18)30-24-22-19(16-6-2-1-3-7-16)13-27-23(22)28-15-29-24;1-2-3(4)5/h4-5,8-13,15-16H,1-3,6-7,14H2,(H2,27,28,29,30);2H,1H2,(H2,4,5). The second kappa shape index (κ2) is 12.2. The van der Waals surface area contributed by atoms with Crippen molar-refractivity contribution in [3.05, 3.63) is 84.1 Å². The number of hydrogen-bond acceptors (Lipinski definition) is 6. The third kappa shape index (κ3) is 6.40. The number of hydrogen-bond donors (Lipinski definition) is 3. The van der Waals surface area contributed by atoms with Gasteiger partial charge in [-0.05, 0) is 60.7 Å². The zero-order valence-corrected chi connectivity index (χ0v) is 20.7. The number of pyridine rings is 1. The number of fused-ring (bicyclic) bond motifs is 1. The van der Waals surface area contributed by atoms with Gasteiger partial charge >= 0.3 is 0 Å². The van der Waals surface area contributed by atoms with Gasteiger partial charge in [0.15, 0.2) is 0 Å². The van der Waals surface area contributed by atoms with E-state index < -0.39 is 5.91 Å². The highest BCUT2D eigenvalue weighted by atomic mass is 35.5. The van der Waals surface area contributed by atoms with Crippen LogP contribution in [-0.4, -0.2) is 25.8 Å². The summed E-state index contributed by atoms with van der Waals surface area (Å²) >= 11 is 6.49. The predicted octanol–water partition coefficient (Wildman–Crippen LogP) is 6.03. The lowest BCUT2D eigenvalue weighted by atomic mass is 9.84. The van der Waals surface area contributed by atoms with Gasteiger partial charge in [-0.3, -0.25) is 9.78 Å². The monoisotopic (exact) mass is 504 g/mol. The van der Waals surface area contributed by atoms with Crippen molar-refractivity contribution in [1.82, 2.24) is 19.9 Å². The van der Waals surface area contributed by atoms with Gasteiger partial charge in [0.1, 0.15) is 30.1 Å². The lowest BCUT2D eigenvalue weighted by molar-refractivity contribution is -0.113. The van der Waals surface area contributed by atoms with Gasteiger partial charge in [-0.25, -0.2) is 9.97 Å². The number of nitrogens with one attached hydrogen (secondary N) is 2. The van der Waals surface area contributed by atoms with Crippen LogP contribution in [0.3, 0.4) is 0 Å². The molecule has 9 heteroatoms. The second-order valence-electron chi connectivity index (χ2n) is 8.51. The third-order valence-corrected chi connectivity index (χ3v) is 6.34. The van der Waals surface area contributed by atoms with Crippen LogP contribution in [0.5, 0.6) is 5.75 Å². The summed E-state index contributed by atoms with van der Waals surface area (Å²) in [5, 5.41) is 5.04. The molecule has 3 aromatic heterocycles. The Balaban J connectivity index is 0.000000556. The molecule has 186 valence electrons. The molecule has 1 fully saturated rings. The average Bonchev–Trinajstić information content (AvgIpc) is 3.35. The van der Waals surface area contributed by atoms with Gasteiger partial charge in [0, 0.05) is 18.1 Å². The molecule has 3 heterocycles. The minimum absolute atomic E-state index is 0.369. The molecule has 1 aliphatic carbocycles. The molecule has 36 heavy (non-hydrogen) atoms. The van der Waals surface area contributed by atoms with Gasteiger partial charge in [0.25, 0.3) is 0 Å². The Hall–Kier alpha value is -3.91. The van der Waals surface area contributed by atoms with Gasteiger partial charge in [-0.15, -0.1) is 0 Å². The van der Waals surface area contributed by atoms with Crippen LogP contribution >= 0.6 is 11.6 Å². The molecule has 1 saturated carbocycles. The lowest BCUT2D eigenvalue weighted by Gasteiger charge is -2.21. The minimum Gasteiger partial charge on any atom is -0.486 e. The number of anilines is 2. The Kier molecular flexibility index (Phi) is 8.52.